The van der Waals surface area contributed by atoms with Crippen molar-refractivity contribution >= 4 is 45.0 Å². The third-order valence-corrected chi connectivity index (χ3v) is 3.75. The number of halogens is 2. The summed E-state index contributed by atoms with van der Waals surface area (Å²) in [4.78, 5) is 23.2. The minimum atomic E-state index is -0.374. The van der Waals surface area contributed by atoms with Crippen LogP contribution in [0, 0.1) is 5.82 Å². The molecule has 6 nitrogen and oxygen atoms in total. The van der Waals surface area contributed by atoms with Crippen molar-refractivity contribution in [1.29, 1.82) is 0 Å². The molecule has 0 bridgehead atoms. The summed E-state index contributed by atoms with van der Waals surface area (Å²) in [6, 6.07) is 3.39. The van der Waals surface area contributed by atoms with Crippen LogP contribution in [0.25, 0.3) is 10.9 Å². The lowest BCUT2D eigenvalue weighted by Crippen LogP contribution is -2.28. The van der Waals surface area contributed by atoms with Gasteiger partial charge in [0.05, 0.1) is 4.47 Å². The summed E-state index contributed by atoms with van der Waals surface area (Å²) in [7, 11) is 3.42. The highest BCUT2D eigenvalue weighted by Crippen LogP contribution is 2.30. The SMILES string of the molecule is CN(CCC(=O)NC=O)c1nn(C)c2c(F)c(Br)ccc12. The molecule has 0 unspecified atom stereocenters. The molecular formula is C13H14BrFN4O2. The lowest BCUT2D eigenvalue weighted by atomic mass is 10.2. The number of anilines is 1. The smallest absolute Gasteiger partial charge is 0.228 e. The minimum absolute atomic E-state index is 0.145. The quantitative estimate of drug-likeness (QED) is 0.825. The van der Waals surface area contributed by atoms with Crippen LogP contribution < -0.4 is 10.2 Å². The molecule has 1 N–H and O–H groups in total. The Balaban J connectivity index is 2.28. The van der Waals surface area contributed by atoms with E-state index in [2.05, 4.69) is 26.3 Å². The Morgan fingerprint density at radius 2 is 2.29 bits per heavy atom. The molecule has 0 fully saturated rings. The predicted octanol–water partition coefficient (Wildman–Crippen LogP) is 1.57. The van der Waals surface area contributed by atoms with Gasteiger partial charge < -0.3 is 4.90 Å². The fourth-order valence-electron chi connectivity index (χ4n) is 2.08. The van der Waals surface area contributed by atoms with Crippen LogP contribution in [0.2, 0.25) is 0 Å². The van der Waals surface area contributed by atoms with Crippen molar-refractivity contribution in [3.05, 3.63) is 22.4 Å². The van der Waals surface area contributed by atoms with Crippen LogP contribution in [0.5, 0.6) is 0 Å². The van der Waals surface area contributed by atoms with Crippen molar-refractivity contribution in [2.45, 2.75) is 6.42 Å². The first-order valence-corrected chi connectivity index (χ1v) is 7.00. The van der Waals surface area contributed by atoms with Gasteiger partial charge in [-0.15, -0.1) is 0 Å². The van der Waals surface area contributed by atoms with E-state index in [0.29, 0.717) is 34.1 Å². The molecule has 0 aliphatic rings. The molecule has 112 valence electrons. The van der Waals surface area contributed by atoms with E-state index in [4.69, 9.17) is 0 Å². The summed E-state index contributed by atoms with van der Waals surface area (Å²) in [6.45, 7) is 0.365. The zero-order valence-corrected chi connectivity index (χ0v) is 13.1. The Labute approximate surface area is 129 Å². The van der Waals surface area contributed by atoms with Crippen LogP contribution in [0.4, 0.5) is 10.2 Å². The number of aryl methyl sites for hydroxylation is 1. The van der Waals surface area contributed by atoms with Crippen molar-refractivity contribution in [1.82, 2.24) is 15.1 Å². The molecule has 1 heterocycles. The second kappa shape index (κ2) is 6.21. The second-order valence-corrected chi connectivity index (χ2v) is 5.42. The van der Waals surface area contributed by atoms with Crippen LogP contribution in [-0.4, -0.2) is 35.7 Å². The van der Waals surface area contributed by atoms with Crippen LogP contribution in [0.1, 0.15) is 6.42 Å². The normalized spacial score (nSPS) is 10.7. The topological polar surface area (TPSA) is 67.2 Å². The molecule has 2 aromatic rings. The van der Waals surface area contributed by atoms with Gasteiger partial charge in [-0.1, -0.05) is 0 Å². The Hall–Kier alpha value is -1.96. The van der Waals surface area contributed by atoms with E-state index in [1.807, 2.05) is 0 Å². The Morgan fingerprint density at radius 1 is 1.57 bits per heavy atom. The van der Waals surface area contributed by atoms with E-state index in [-0.39, 0.29) is 18.1 Å². The lowest BCUT2D eigenvalue weighted by molar-refractivity contribution is -0.125. The summed E-state index contributed by atoms with van der Waals surface area (Å²) in [5.41, 5.74) is 0.392. The predicted molar refractivity (Wildman–Crippen MR) is 80.5 cm³/mol. The second-order valence-electron chi connectivity index (χ2n) is 4.56. The van der Waals surface area contributed by atoms with Crippen LogP contribution >= 0.6 is 15.9 Å². The maximum atomic E-state index is 14.1. The maximum absolute atomic E-state index is 14.1. The van der Waals surface area contributed by atoms with E-state index in [1.54, 1.807) is 31.1 Å². The molecule has 1 aromatic carbocycles. The number of hydrogen-bond acceptors (Lipinski definition) is 4. The van der Waals surface area contributed by atoms with Gasteiger partial charge in [-0.3, -0.25) is 19.6 Å². The van der Waals surface area contributed by atoms with Crippen LogP contribution in [-0.2, 0) is 16.6 Å². The molecule has 21 heavy (non-hydrogen) atoms. The number of nitrogens with zero attached hydrogens (tertiary/aromatic N) is 3. The Morgan fingerprint density at radius 3 is 2.95 bits per heavy atom. The van der Waals surface area contributed by atoms with Gasteiger partial charge in [0.15, 0.2) is 11.6 Å². The van der Waals surface area contributed by atoms with E-state index < -0.39 is 0 Å². The molecule has 0 atom stereocenters. The summed E-state index contributed by atoms with van der Waals surface area (Å²) >= 11 is 3.15. The number of amides is 2. The van der Waals surface area contributed by atoms with E-state index >= 15 is 0 Å². The maximum Gasteiger partial charge on any atom is 0.228 e. The molecule has 2 amide bonds. The number of carbonyl (C=O) groups excluding carboxylic acids is 2. The molecule has 0 aliphatic carbocycles. The molecule has 0 radical (unpaired) electrons. The van der Waals surface area contributed by atoms with Gasteiger partial charge in [-0.05, 0) is 28.1 Å². The number of carbonyl (C=O) groups is 2. The lowest BCUT2D eigenvalue weighted by Gasteiger charge is -2.15. The highest BCUT2D eigenvalue weighted by atomic mass is 79.9. The monoisotopic (exact) mass is 356 g/mol. The zero-order valence-electron chi connectivity index (χ0n) is 11.6. The number of nitrogens with one attached hydrogen (secondary N) is 1. The van der Waals surface area contributed by atoms with Gasteiger partial charge in [0, 0.05) is 32.4 Å². The number of imide groups is 1. The average Bonchev–Trinajstić information content (AvgIpc) is 2.78. The fraction of sp³-hybridized carbons (Fsp3) is 0.308. The molecular weight excluding hydrogens is 343 g/mol. The van der Waals surface area contributed by atoms with E-state index in [9.17, 15) is 14.0 Å². The summed E-state index contributed by atoms with van der Waals surface area (Å²) in [5.74, 6) is -0.162. The van der Waals surface area contributed by atoms with Crippen molar-refractivity contribution in [2.75, 3.05) is 18.5 Å². The number of benzene rings is 1. The molecule has 0 saturated carbocycles. The van der Waals surface area contributed by atoms with Gasteiger partial charge in [0.25, 0.3) is 0 Å². The number of hydrogen-bond donors (Lipinski definition) is 1. The van der Waals surface area contributed by atoms with Crippen molar-refractivity contribution < 1.29 is 14.0 Å². The number of rotatable bonds is 5. The standard InChI is InChI=1S/C13H14BrFN4O2/c1-18(6-5-10(21)16-7-20)13-8-3-4-9(14)11(15)12(8)19(2)17-13/h3-4,7H,5-6H2,1-2H3,(H,16,20,21). The minimum Gasteiger partial charge on any atom is -0.357 e. The van der Waals surface area contributed by atoms with Gasteiger partial charge >= 0.3 is 0 Å². The molecule has 1 aromatic heterocycles. The first-order valence-electron chi connectivity index (χ1n) is 6.20. The van der Waals surface area contributed by atoms with E-state index in [0.717, 1.165) is 0 Å². The van der Waals surface area contributed by atoms with Gasteiger partial charge in [0.1, 0.15) is 5.52 Å². The molecule has 0 aliphatic heterocycles. The largest absolute Gasteiger partial charge is 0.357 e. The summed E-state index contributed by atoms with van der Waals surface area (Å²) in [6.07, 6.45) is 0.498. The summed E-state index contributed by atoms with van der Waals surface area (Å²) < 4.78 is 16.0. The Kier molecular flexibility index (Phi) is 4.56. The molecule has 0 spiro atoms. The van der Waals surface area contributed by atoms with E-state index in [1.165, 1.54) is 4.68 Å². The number of fused-ring (bicyclic) bond motifs is 1. The van der Waals surface area contributed by atoms with Gasteiger partial charge in [-0.25, -0.2) is 4.39 Å². The third kappa shape index (κ3) is 3.05. The first kappa shape index (κ1) is 15.4. The third-order valence-electron chi connectivity index (χ3n) is 3.13. The van der Waals surface area contributed by atoms with Crippen LogP contribution in [0.15, 0.2) is 16.6 Å². The molecule has 2 rings (SSSR count). The van der Waals surface area contributed by atoms with Crippen LogP contribution in [0.3, 0.4) is 0 Å². The zero-order chi connectivity index (χ0) is 15.6. The first-order chi connectivity index (χ1) is 9.95. The number of aromatic nitrogens is 2. The van der Waals surface area contributed by atoms with Gasteiger partial charge in [0.2, 0.25) is 12.3 Å². The average molecular weight is 357 g/mol. The van der Waals surface area contributed by atoms with Crippen molar-refractivity contribution in [2.24, 2.45) is 7.05 Å². The Bertz CT molecular complexity index is 701. The van der Waals surface area contributed by atoms with Gasteiger partial charge in [-0.2, -0.15) is 5.10 Å². The highest BCUT2D eigenvalue weighted by Gasteiger charge is 2.17. The summed E-state index contributed by atoms with van der Waals surface area (Å²) in [5, 5.41) is 7.03. The fourth-order valence-corrected chi connectivity index (χ4v) is 2.40. The molecule has 0 saturated heterocycles. The highest BCUT2D eigenvalue weighted by molar-refractivity contribution is 9.10. The van der Waals surface area contributed by atoms with Crippen molar-refractivity contribution in [3.8, 4) is 0 Å². The van der Waals surface area contributed by atoms with Crippen molar-refractivity contribution in [3.63, 3.8) is 0 Å². The molecule has 8 heteroatoms.